The van der Waals surface area contributed by atoms with Gasteiger partial charge in [0.05, 0.1) is 11.0 Å². The van der Waals surface area contributed by atoms with E-state index in [1.807, 2.05) is 49.4 Å². The first kappa shape index (κ1) is 19.9. The van der Waals surface area contributed by atoms with Gasteiger partial charge in [-0.25, -0.2) is 4.98 Å². The summed E-state index contributed by atoms with van der Waals surface area (Å²) in [5.74, 6) is 0.747. The van der Waals surface area contributed by atoms with Crippen LogP contribution < -0.4 is 10.7 Å². The monoisotopic (exact) mass is 415 g/mol. The Labute approximate surface area is 181 Å². The second-order valence-corrected chi connectivity index (χ2v) is 7.10. The molecule has 0 unspecified atom stereocenters. The Morgan fingerprint density at radius 3 is 2.43 bits per heavy atom. The summed E-state index contributed by atoms with van der Waals surface area (Å²) in [6, 6.07) is 24.5. The fourth-order valence-electron chi connectivity index (χ4n) is 3.72. The van der Waals surface area contributed by atoms with Crippen molar-refractivity contribution in [2.75, 3.05) is 11.9 Å². The Morgan fingerprint density at radius 1 is 0.933 bits per heavy atom. The van der Waals surface area contributed by atoms with Gasteiger partial charge in [-0.1, -0.05) is 42.5 Å². The highest BCUT2D eigenvalue weighted by Gasteiger charge is 2.15. The van der Waals surface area contributed by atoms with Gasteiger partial charge >= 0.3 is 0 Å². The largest absolute Gasteiger partial charge is 0.453 e. The van der Waals surface area contributed by atoms with E-state index in [9.17, 15) is 0 Å². The maximum atomic E-state index is 6.31. The first-order valence-electron chi connectivity index (χ1n) is 9.82. The molecule has 0 spiro atoms. The van der Waals surface area contributed by atoms with Crippen molar-refractivity contribution in [2.45, 2.75) is 13.8 Å². The molecule has 1 N–H and O–H groups in total. The molecule has 4 nitrogen and oxygen atoms in total. The van der Waals surface area contributed by atoms with Crippen LogP contribution in [0, 0.1) is 6.92 Å². The number of fused-ring (bicyclic) bond motifs is 4. The second-order valence-electron chi connectivity index (χ2n) is 7.10. The second kappa shape index (κ2) is 8.17. The molecule has 0 saturated heterocycles. The average Bonchev–Trinajstić information content (AvgIpc) is 2.74. The van der Waals surface area contributed by atoms with Gasteiger partial charge in [-0.2, -0.15) is 0 Å². The summed E-state index contributed by atoms with van der Waals surface area (Å²) < 4.78 is 6.31. The molecular formula is C25H22ClN3O. The molecule has 0 saturated carbocycles. The lowest BCUT2D eigenvalue weighted by atomic mass is 10.1. The fourth-order valence-corrected chi connectivity index (χ4v) is 3.72. The van der Waals surface area contributed by atoms with E-state index in [1.165, 1.54) is 0 Å². The fraction of sp³-hybridized carbons (Fsp3) is 0.120. The first-order valence-corrected chi connectivity index (χ1v) is 9.82. The molecule has 0 radical (unpaired) electrons. The molecular weight excluding hydrogens is 394 g/mol. The third-order valence-electron chi connectivity index (χ3n) is 5.09. The van der Waals surface area contributed by atoms with Gasteiger partial charge in [0.1, 0.15) is 11.2 Å². The van der Waals surface area contributed by atoms with Crippen molar-refractivity contribution in [3.63, 3.8) is 0 Å². The van der Waals surface area contributed by atoms with Crippen molar-refractivity contribution in [2.24, 2.45) is 4.99 Å². The Hall–Kier alpha value is -3.37. The van der Waals surface area contributed by atoms with Crippen LogP contribution in [0.3, 0.4) is 0 Å². The van der Waals surface area contributed by atoms with E-state index >= 15 is 0 Å². The van der Waals surface area contributed by atoms with E-state index in [1.54, 1.807) is 0 Å². The van der Waals surface area contributed by atoms with E-state index in [-0.39, 0.29) is 12.4 Å². The normalized spacial score (nSPS) is 11.7. The number of para-hydroxylation sites is 1. The lowest BCUT2D eigenvalue weighted by Crippen LogP contribution is -2.09. The van der Waals surface area contributed by atoms with Crippen molar-refractivity contribution < 1.29 is 4.42 Å². The smallest absolute Gasteiger partial charge is 0.155 e. The van der Waals surface area contributed by atoms with Crippen molar-refractivity contribution in [3.8, 4) is 11.5 Å². The number of aromatic nitrogens is 1. The zero-order valence-corrected chi connectivity index (χ0v) is 17.7. The first-order chi connectivity index (χ1) is 14.2. The van der Waals surface area contributed by atoms with Gasteiger partial charge in [-0.05, 0) is 37.6 Å². The number of halogens is 1. The Kier molecular flexibility index (Phi) is 5.42. The van der Waals surface area contributed by atoms with Gasteiger partial charge < -0.3 is 9.73 Å². The van der Waals surface area contributed by atoms with E-state index < -0.39 is 0 Å². The molecule has 5 heteroatoms. The lowest BCUT2D eigenvalue weighted by molar-refractivity contribution is 0.612. The molecule has 5 rings (SSSR count). The molecule has 0 bridgehead atoms. The summed E-state index contributed by atoms with van der Waals surface area (Å²) >= 11 is 0. The number of aryl methyl sites for hydroxylation is 1. The maximum absolute atomic E-state index is 6.31. The summed E-state index contributed by atoms with van der Waals surface area (Å²) in [5, 5.41) is 6.65. The summed E-state index contributed by atoms with van der Waals surface area (Å²) in [6.07, 6.45) is 0. The topological polar surface area (TPSA) is 50.4 Å². The van der Waals surface area contributed by atoms with Crippen LogP contribution in [0.2, 0.25) is 0 Å². The van der Waals surface area contributed by atoms with Crippen LogP contribution in [-0.2, 0) is 0 Å². The Bertz CT molecular complexity index is 1380. The number of benzene rings is 4. The van der Waals surface area contributed by atoms with Crippen molar-refractivity contribution in [3.05, 3.63) is 83.7 Å². The van der Waals surface area contributed by atoms with Crippen LogP contribution in [0.25, 0.3) is 33.3 Å². The van der Waals surface area contributed by atoms with Crippen LogP contribution in [0.5, 0.6) is 0 Å². The molecule has 0 amide bonds. The number of nitrogens with one attached hydrogen (secondary N) is 1. The predicted octanol–water partition coefficient (Wildman–Crippen LogP) is 6.48. The Morgan fingerprint density at radius 2 is 1.67 bits per heavy atom. The maximum Gasteiger partial charge on any atom is 0.155 e. The molecule has 3 aromatic carbocycles. The SMILES string of the molecule is CCN=c1cc2oc3cc(Nc4ccccc4)c4ccccc4c3nc-2cc1C.Cl. The number of hydrogen-bond acceptors (Lipinski definition) is 4. The zero-order valence-electron chi connectivity index (χ0n) is 16.8. The van der Waals surface area contributed by atoms with Crippen LogP contribution in [0.15, 0.2) is 82.2 Å². The molecule has 150 valence electrons. The zero-order chi connectivity index (χ0) is 19.8. The highest BCUT2D eigenvalue weighted by Crippen LogP contribution is 2.35. The van der Waals surface area contributed by atoms with Gasteiger partial charge in [0.2, 0.25) is 0 Å². The minimum atomic E-state index is 0. The highest BCUT2D eigenvalue weighted by molar-refractivity contribution is 6.10. The van der Waals surface area contributed by atoms with E-state index in [0.717, 1.165) is 62.2 Å². The lowest BCUT2D eigenvalue weighted by Gasteiger charge is -2.14. The van der Waals surface area contributed by atoms with Gasteiger partial charge in [0.15, 0.2) is 11.3 Å². The number of nitrogens with zero attached hydrogens (tertiary/aromatic N) is 2. The van der Waals surface area contributed by atoms with Gasteiger partial charge in [0.25, 0.3) is 0 Å². The Balaban J connectivity index is 0.00000218. The average molecular weight is 416 g/mol. The third-order valence-corrected chi connectivity index (χ3v) is 5.09. The highest BCUT2D eigenvalue weighted by atomic mass is 35.5. The van der Waals surface area contributed by atoms with Crippen molar-refractivity contribution in [1.82, 2.24) is 4.98 Å². The van der Waals surface area contributed by atoms with E-state index in [4.69, 9.17) is 9.40 Å². The molecule has 2 aliphatic rings. The van der Waals surface area contributed by atoms with E-state index in [2.05, 4.69) is 47.6 Å². The summed E-state index contributed by atoms with van der Waals surface area (Å²) in [4.78, 5) is 9.51. The number of hydrogen-bond donors (Lipinski definition) is 1. The molecule has 0 atom stereocenters. The van der Waals surface area contributed by atoms with Crippen LogP contribution in [-0.4, -0.2) is 11.5 Å². The van der Waals surface area contributed by atoms with E-state index in [0.29, 0.717) is 0 Å². The molecule has 30 heavy (non-hydrogen) atoms. The van der Waals surface area contributed by atoms with Crippen molar-refractivity contribution >= 4 is 45.7 Å². The standard InChI is InChI=1S/C25H21N3O.ClH/c1-3-26-20-14-23-22(13-16(20)2)28-25-19-12-8-7-11-18(19)21(15-24(25)29-23)27-17-9-5-4-6-10-17;/h4-15,27H,3H2,1-2H3;1H. The van der Waals surface area contributed by atoms with Gasteiger partial charge in [0, 0.05) is 35.1 Å². The van der Waals surface area contributed by atoms with Crippen LogP contribution in [0.1, 0.15) is 12.5 Å². The van der Waals surface area contributed by atoms with Crippen molar-refractivity contribution in [1.29, 1.82) is 0 Å². The molecule has 3 aromatic rings. The van der Waals surface area contributed by atoms with Crippen LogP contribution in [0.4, 0.5) is 11.4 Å². The van der Waals surface area contributed by atoms with Crippen LogP contribution >= 0.6 is 12.4 Å². The molecule has 1 heterocycles. The predicted molar refractivity (Wildman–Crippen MR) is 126 cm³/mol. The molecule has 1 aliphatic carbocycles. The summed E-state index contributed by atoms with van der Waals surface area (Å²) in [6.45, 7) is 4.83. The number of rotatable bonds is 3. The van der Waals surface area contributed by atoms with Gasteiger partial charge in [-0.15, -0.1) is 12.4 Å². The molecule has 0 fully saturated rings. The quantitative estimate of drug-likeness (QED) is 0.271. The molecule has 1 aliphatic heterocycles. The summed E-state index contributed by atoms with van der Waals surface area (Å²) in [7, 11) is 0. The third kappa shape index (κ3) is 3.51. The molecule has 0 aromatic heterocycles. The number of anilines is 2. The van der Waals surface area contributed by atoms with Gasteiger partial charge in [-0.3, -0.25) is 4.99 Å². The minimum absolute atomic E-state index is 0. The minimum Gasteiger partial charge on any atom is -0.453 e. The summed E-state index contributed by atoms with van der Waals surface area (Å²) in [5.41, 5.74) is 5.60.